The average Bonchev–Trinajstić information content (AvgIpc) is 4.01. The Bertz CT molecular complexity index is 754. The zero-order valence-corrected chi connectivity index (χ0v) is 40.8. The van der Waals surface area contributed by atoms with E-state index in [0.29, 0.717) is 24.9 Å². The third-order valence-corrected chi connectivity index (χ3v) is 9.30. The molecule has 0 unspecified atom stereocenters. The van der Waals surface area contributed by atoms with Crippen molar-refractivity contribution in [3.05, 3.63) is 38.0 Å². The molecular weight excluding hydrogens is 775 g/mol. The number of carboxylic acids is 1. The number of hydrogen-bond acceptors (Lipinski definition) is 5. The van der Waals surface area contributed by atoms with Gasteiger partial charge in [-0.15, -0.1) is 56.2 Å². The molecule has 57 heavy (non-hydrogen) atoms. The molecule has 1 saturated heterocycles. The fourth-order valence-electron chi connectivity index (χ4n) is 5.43. The van der Waals surface area contributed by atoms with Gasteiger partial charge in [0, 0.05) is 26.1 Å². The van der Waals surface area contributed by atoms with E-state index in [1.165, 1.54) is 154 Å². The van der Waals surface area contributed by atoms with E-state index >= 15 is 0 Å². The minimum Gasteiger partial charge on any atom is -0.481 e. The summed E-state index contributed by atoms with van der Waals surface area (Å²) < 4.78 is 5.82. The number of carboxylic acid groups (broad SMARTS) is 1. The molecule has 0 spiro atoms. The molecule has 5 N–H and O–H groups in total. The van der Waals surface area contributed by atoms with Crippen molar-refractivity contribution in [3.8, 4) is 0 Å². The van der Waals surface area contributed by atoms with Crippen LogP contribution in [0, 0.1) is 0 Å². The molecule has 346 valence electrons. The van der Waals surface area contributed by atoms with Crippen molar-refractivity contribution in [2.75, 3.05) is 72.9 Å². The lowest BCUT2D eigenvalue weighted by molar-refractivity contribution is -0.870. The number of halogens is 3. The number of epoxide rings is 1. The summed E-state index contributed by atoms with van der Waals surface area (Å²) in [6, 6.07) is 0. The zero-order chi connectivity index (χ0) is 41.9. The molecule has 10 heteroatoms. The largest absolute Gasteiger partial charge is 0.481 e. The highest BCUT2D eigenvalue weighted by atomic mass is 35.5. The molecule has 1 heterocycles. The summed E-state index contributed by atoms with van der Waals surface area (Å²) in [5.74, 6) is 0.0121. The van der Waals surface area contributed by atoms with E-state index in [9.17, 15) is 4.79 Å². The van der Waals surface area contributed by atoms with E-state index in [1.807, 2.05) is 12.2 Å². The Kier molecular flexibility index (Phi) is 74.1. The number of hydrogen-bond donors (Lipinski definition) is 4. The maximum absolute atomic E-state index is 10.3. The lowest BCUT2D eigenvalue weighted by atomic mass is 10.0. The Hall–Kier alpha value is -0.640. The molecule has 7 nitrogen and oxygen atoms in total. The minimum absolute atomic E-state index is 0. The smallest absolute Gasteiger partial charge is 0.303 e. The fraction of sp³-hybridized carbons (Fsp3) is 0.851. The maximum Gasteiger partial charge on any atom is 0.303 e. The summed E-state index contributed by atoms with van der Waals surface area (Å²) >= 11 is 5.27. The van der Waals surface area contributed by atoms with Gasteiger partial charge in [-0.1, -0.05) is 160 Å². The fourth-order valence-corrected chi connectivity index (χ4v) is 5.61. The predicted molar refractivity (Wildman–Crippen MR) is 262 cm³/mol. The lowest BCUT2D eigenvalue weighted by Crippen LogP contribution is -2.35. The van der Waals surface area contributed by atoms with Crippen molar-refractivity contribution in [1.82, 2.24) is 10.6 Å². The van der Waals surface area contributed by atoms with E-state index in [1.54, 1.807) is 6.08 Å². The van der Waals surface area contributed by atoms with Gasteiger partial charge < -0.3 is 30.7 Å². The molecule has 0 aromatic rings. The summed E-state index contributed by atoms with van der Waals surface area (Å²) in [6.45, 7) is 22.2. The van der Waals surface area contributed by atoms with Crippen LogP contribution in [0.25, 0.3) is 0 Å². The highest BCUT2D eigenvalue weighted by Gasteiger charge is 2.19. The van der Waals surface area contributed by atoms with Gasteiger partial charge in [-0.05, 0) is 45.2 Å². The number of nitrogens with one attached hydrogen (secondary N) is 2. The second kappa shape index (κ2) is 62.0. The number of aliphatic carboxylic acids is 1. The number of alkyl halides is 1. The zero-order valence-electron chi connectivity index (χ0n) is 38.5. The number of ether oxygens (including phenoxy) is 1. The van der Waals surface area contributed by atoms with Gasteiger partial charge in [0.05, 0.1) is 46.3 Å². The van der Waals surface area contributed by atoms with Crippen molar-refractivity contribution < 1.29 is 19.1 Å². The van der Waals surface area contributed by atoms with Crippen molar-refractivity contribution in [3.63, 3.8) is 0 Å². The van der Waals surface area contributed by atoms with Crippen molar-refractivity contribution in [1.29, 1.82) is 0 Å². The van der Waals surface area contributed by atoms with Crippen LogP contribution in [0.4, 0.5) is 0 Å². The highest BCUT2D eigenvalue weighted by molar-refractivity contribution is 6.18. The first-order chi connectivity index (χ1) is 26.6. The monoisotopic (exact) mass is 874 g/mol. The molecule has 0 aromatic heterocycles. The molecular formula is C47H100Cl3N4O3+. The third kappa shape index (κ3) is 87.8. The average molecular weight is 876 g/mol. The van der Waals surface area contributed by atoms with Crippen LogP contribution in [-0.4, -0.2) is 94.6 Å². The summed E-state index contributed by atoms with van der Waals surface area (Å²) in [5, 5.41) is 15.1. The van der Waals surface area contributed by atoms with Crippen LogP contribution in [0.15, 0.2) is 38.0 Å². The first-order valence-electron chi connectivity index (χ1n) is 22.7. The molecule has 0 aromatic carbocycles. The topological polar surface area (TPSA) is 99.9 Å². The molecule has 1 atom stereocenters. The van der Waals surface area contributed by atoms with Crippen LogP contribution >= 0.6 is 36.4 Å². The van der Waals surface area contributed by atoms with Crippen LogP contribution < -0.4 is 16.4 Å². The molecule has 1 rings (SSSR count). The maximum atomic E-state index is 10.3. The first-order valence-corrected chi connectivity index (χ1v) is 23.3. The summed E-state index contributed by atoms with van der Waals surface area (Å²) in [4.78, 5) is 10.3. The molecule has 0 amide bonds. The van der Waals surface area contributed by atoms with Crippen molar-refractivity contribution in [2.45, 2.75) is 187 Å². The van der Waals surface area contributed by atoms with Crippen molar-refractivity contribution >= 4 is 42.4 Å². The van der Waals surface area contributed by atoms with Gasteiger partial charge in [-0.3, -0.25) is 4.79 Å². The second-order valence-electron chi connectivity index (χ2n) is 15.9. The van der Waals surface area contributed by atoms with Crippen LogP contribution in [-0.2, 0) is 9.53 Å². The van der Waals surface area contributed by atoms with Crippen molar-refractivity contribution in [2.24, 2.45) is 5.73 Å². The molecule has 0 bridgehead atoms. The number of nitrogens with two attached hydrogens (primary N) is 1. The van der Waals surface area contributed by atoms with E-state index in [0.717, 1.165) is 50.1 Å². The predicted octanol–water partition coefficient (Wildman–Crippen LogP) is 13.1. The Labute approximate surface area is 374 Å². The lowest BCUT2D eigenvalue weighted by Gasteiger charge is -2.23. The molecule has 0 radical (unpaired) electrons. The van der Waals surface area contributed by atoms with E-state index < -0.39 is 5.97 Å². The first kappa shape index (κ1) is 68.1. The quantitative estimate of drug-likeness (QED) is 0.0165. The van der Waals surface area contributed by atoms with Gasteiger partial charge in [-0.2, -0.15) is 0 Å². The number of unbranched alkanes of at least 4 members (excludes halogenated alkanes) is 22. The third-order valence-electron chi connectivity index (χ3n) is 8.95. The Balaban J connectivity index is -0.000000152. The van der Waals surface area contributed by atoms with E-state index in [2.05, 4.69) is 65.4 Å². The summed E-state index contributed by atoms with van der Waals surface area (Å²) in [6.07, 6.45) is 39.7. The summed E-state index contributed by atoms with van der Waals surface area (Å²) in [5.41, 5.74) is 4.91. The number of quaternary nitrogens is 1. The van der Waals surface area contributed by atoms with E-state index in [4.69, 9.17) is 27.2 Å². The number of nitrogens with zero attached hydrogens (tertiary/aromatic N) is 1. The molecule has 1 fully saturated rings. The van der Waals surface area contributed by atoms with Gasteiger partial charge in [0.2, 0.25) is 0 Å². The van der Waals surface area contributed by atoms with Gasteiger partial charge in [0.1, 0.15) is 0 Å². The Morgan fingerprint density at radius 1 is 0.649 bits per heavy atom. The number of carbonyl (C=O) groups is 1. The standard InChI is InChI=1S/C16H32O2.C13H27N.C12H27N2.C3H5ClO.C3H7N.2ClH/c1-2-3-4-5-6-7-8-9-10-11-12-13-14-15-16(17)18;1-3-5-6-7-8-9-10-11-13-14-12-4-2;1-5-10-13-11-8-6-7-9-12-14(2,3)4;4-1-3-2-5-3;1-2-3-4;;/h2-15H2,1H3,(H,17,18);4,14H,2-3,5-13H2,1H3;5,13H,1,6-12H2,2-4H3;3H,1-2H2;2H,1,3-4H2;2*1H/q;;+1;;;;/t;;;3-;;;/m...1.../s1. The molecule has 1 aliphatic rings. The van der Waals surface area contributed by atoms with Gasteiger partial charge in [-0.25, -0.2) is 0 Å². The minimum atomic E-state index is -0.655. The van der Waals surface area contributed by atoms with Crippen LogP contribution in [0.1, 0.15) is 181 Å². The summed E-state index contributed by atoms with van der Waals surface area (Å²) in [7, 11) is 6.77. The van der Waals surface area contributed by atoms with Crippen LogP contribution in [0.3, 0.4) is 0 Å². The second-order valence-corrected chi connectivity index (χ2v) is 16.2. The SMILES string of the molecule is C=CCN.C=CCNCCCCCCCCCC.C=CCNCCCCCC[N+](C)(C)C.CCCCCCCCCCCCCCCC(=O)O.Cl.Cl.ClC[C@@H]1CO1. The van der Waals surface area contributed by atoms with Crippen LogP contribution in [0.5, 0.6) is 0 Å². The van der Waals surface area contributed by atoms with Gasteiger partial charge >= 0.3 is 5.97 Å². The molecule has 0 aliphatic carbocycles. The Morgan fingerprint density at radius 2 is 0.965 bits per heavy atom. The molecule has 0 saturated carbocycles. The van der Waals surface area contributed by atoms with Crippen LogP contribution in [0.2, 0.25) is 0 Å². The van der Waals surface area contributed by atoms with E-state index in [-0.39, 0.29) is 24.8 Å². The molecule has 1 aliphatic heterocycles. The van der Waals surface area contributed by atoms with Gasteiger partial charge in [0.15, 0.2) is 0 Å². The van der Waals surface area contributed by atoms with Gasteiger partial charge in [0.25, 0.3) is 0 Å². The highest BCUT2D eigenvalue weighted by Crippen LogP contribution is 2.13. The Morgan fingerprint density at radius 3 is 1.21 bits per heavy atom. The number of rotatable bonds is 36. The normalized spacial score (nSPS) is 12.2.